The Morgan fingerprint density at radius 3 is 2.31 bits per heavy atom. The van der Waals surface area contributed by atoms with Crippen LogP contribution in [0.4, 0.5) is 14.8 Å². The number of hydrogen-bond acceptors (Lipinski definition) is 6. The van der Waals surface area contributed by atoms with Crippen LogP contribution in [0.15, 0.2) is 34.7 Å². The number of halogens is 2. The first-order valence-corrected chi connectivity index (χ1v) is 12.2. The molecular formula is C26H34F2N4O4. The number of benzene rings is 1. The fourth-order valence-electron chi connectivity index (χ4n) is 6.29. The highest BCUT2D eigenvalue weighted by Gasteiger charge is 2.65. The van der Waals surface area contributed by atoms with Gasteiger partial charge in [-0.05, 0) is 55.1 Å². The van der Waals surface area contributed by atoms with Crippen molar-refractivity contribution in [1.82, 2.24) is 15.1 Å². The van der Waals surface area contributed by atoms with Gasteiger partial charge in [-0.1, -0.05) is 51.0 Å². The number of carbonyl (C=O) groups excluding carboxylic acids is 2. The highest BCUT2D eigenvalue weighted by Crippen LogP contribution is 2.55. The maximum atomic E-state index is 15.8. The molecule has 10 heteroatoms. The van der Waals surface area contributed by atoms with Gasteiger partial charge in [0.2, 0.25) is 5.89 Å². The summed E-state index contributed by atoms with van der Waals surface area (Å²) in [4.78, 5) is 28.2. The highest BCUT2D eigenvalue weighted by molar-refractivity contribution is 6.04. The predicted molar refractivity (Wildman–Crippen MR) is 128 cm³/mol. The summed E-state index contributed by atoms with van der Waals surface area (Å²) in [5, 5.41) is 19.1. The van der Waals surface area contributed by atoms with Crippen molar-refractivity contribution < 1.29 is 27.9 Å². The second-order valence-corrected chi connectivity index (χ2v) is 11.8. The second kappa shape index (κ2) is 8.90. The zero-order chi connectivity index (χ0) is 26.5. The number of amides is 2. The SMILES string of the molecule is CN(C(=O)c1ccccc1)c1nnc([C@@H]2CCCN2C(=O)C(F)(F)C2(O)CC(C)(C)CC(C)(C)C2)o1. The number of aromatic nitrogens is 2. The molecule has 4 rings (SSSR count). The van der Waals surface area contributed by atoms with E-state index in [9.17, 15) is 14.7 Å². The van der Waals surface area contributed by atoms with E-state index in [0.717, 1.165) is 4.90 Å². The van der Waals surface area contributed by atoms with E-state index in [4.69, 9.17) is 4.42 Å². The van der Waals surface area contributed by atoms with Crippen molar-refractivity contribution in [2.24, 2.45) is 10.8 Å². The van der Waals surface area contributed by atoms with Gasteiger partial charge in [0.05, 0.1) is 0 Å². The van der Waals surface area contributed by atoms with Crippen LogP contribution in [0.3, 0.4) is 0 Å². The van der Waals surface area contributed by atoms with Crippen molar-refractivity contribution in [3.8, 4) is 0 Å². The van der Waals surface area contributed by atoms with Gasteiger partial charge in [-0.3, -0.25) is 14.5 Å². The molecule has 1 aliphatic carbocycles. The van der Waals surface area contributed by atoms with Crippen LogP contribution in [0.1, 0.15) is 82.1 Å². The summed E-state index contributed by atoms with van der Waals surface area (Å²) >= 11 is 0. The monoisotopic (exact) mass is 504 g/mol. The standard InChI is InChI=1S/C26H34F2N4O4/c1-23(2)14-24(3,4)16-25(35,15-23)26(27,28)21(34)32-13-9-12-18(32)19-29-30-22(36-19)31(5)20(33)17-10-7-6-8-11-17/h6-8,10-11,18,35H,9,12-16H2,1-5H3/t18-/m0/s1. The van der Waals surface area contributed by atoms with Crippen LogP contribution in [-0.4, -0.2) is 57.1 Å². The molecule has 1 aromatic heterocycles. The quantitative estimate of drug-likeness (QED) is 0.638. The van der Waals surface area contributed by atoms with Gasteiger partial charge in [0, 0.05) is 19.2 Å². The molecule has 1 N–H and O–H groups in total. The Hall–Kier alpha value is -2.88. The molecule has 2 heterocycles. The minimum Gasteiger partial charge on any atom is -0.405 e. The number of rotatable bonds is 5. The lowest BCUT2D eigenvalue weighted by atomic mass is 9.58. The van der Waals surface area contributed by atoms with Gasteiger partial charge in [0.15, 0.2) is 0 Å². The molecule has 1 aliphatic heterocycles. The van der Waals surface area contributed by atoms with Crippen molar-refractivity contribution >= 4 is 17.8 Å². The molecule has 2 aliphatic rings. The molecule has 1 saturated carbocycles. The van der Waals surface area contributed by atoms with Crippen molar-refractivity contribution in [2.75, 3.05) is 18.5 Å². The van der Waals surface area contributed by atoms with E-state index in [0.29, 0.717) is 24.8 Å². The molecule has 2 amide bonds. The Kier molecular flexibility index (Phi) is 6.47. The summed E-state index contributed by atoms with van der Waals surface area (Å²) in [6, 6.07) is 7.57. The maximum Gasteiger partial charge on any atom is 0.352 e. The Balaban J connectivity index is 1.56. The van der Waals surface area contributed by atoms with Crippen LogP contribution < -0.4 is 4.90 Å². The number of carbonyl (C=O) groups is 2. The smallest absolute Gasteiger partial charge is 0.352 e. The molecule has 2 aromatic rings. The van der Waals surface area contributed by atoms with Crippen LogP contribution in [0, 0.1) is 10.8 Å². The van der Waals surface area contributed by atoms with E-state index in [1.54, 1.807) is 30.3 Å². The second-order valence-electron chi connectivity index (χ2n) is 11.8. The van der Waals surface area contributed by atoms with Crippen molar-refractivity contribution in [3.63, 3.8) is 0 Å². The van der Waals surface area contributed by atoms with E-state index in [1.807, 2.05) is 27.7 Å². The molecule has 1 aromatic carbocycles. The summed E-state index contributed by atoms with van der Waals surface area (Å²) in [7, 11) is 1.47. The Bertz CT molecular complexity index is 1120. The zero-order valence-corrected chi connectivity index (χ0v) is 21.4. The topological polar surface area (TPSA) is 99.8 Å². The third-order valence-electron chi connectivity index (χ3n) is 7.19. The number of hydrogen-bond donors (Lipinski definition) is 1. The average Bonchev–Trinajstić information content (AvgIpc) is 3.45. The van der Waals surface area contributed by atoms with Gasteiger partial charge < -0.3 is 14.4 Å². The first kappa shape index (κ1) is 26.2. The largest absolute Gasteiger partial charge is 0.405 e. The molecule has 0 bridgehead atoms. The number of likely N-dealkylation sites (tertiary alicyclic amines) is 1. The minimum absolute atomic E-state index is 0.0179. The Morgan fingerprint density at radius 2 is 1.69 bits per heavy atom. The van der Waals surface area contributed by atoms with Crippen molar-refractivity contribution in [3.05, 3.63) is 41.8 Å². The Morgan fingerprint density at radius 1 is 1.08 bits per heavy atom. The van der Waals surface area contributed by atoms with E-state index in [1.165, 1.54) is 11.9 Å². The van der Waals surface area contributed by atoms with Gasteiger partial charge in [-0.15, -0.1) is 5.10 Å². The summed E-state index contributed by atoms with van der Waals surface area (Å²) in [5.41, 5.74) is -3.15. The van der Waals surface area contributed by atoms with Crippen LogP contribution >= 0.6 is 0 Å². The molecule has 1 saturated heterocycles. The normalized spacial score (nSPS) is 22.9. The van der Waals surface area contributed by atoms with Gasteiger partial charge in [0.25, 0.3) is 11.8 Å². The van der Waals surface area contributed by atoms with Gasteiger partial charge in [0.1, 0.15) is 11.6 Å². The summed E-state index contributed by atoms with van der Waals surface area (Å²) in [6.45, 7) is 7.44. The molecule has 1 atom stereocenters. The van der Waals surface area contributed by atoms with Crippen LogP contribution in [0.25, 0.3) is 0 Å². The average molecular weight is 505 g/mol. The highest BCUT2D eigenvalue weighted by atomic mass is 19.3. The van der Waals surface area contributed by atoms with Crippen LogP contribution in [0.5, 0.6) is 0 Å². The van der Waals surface area contributed by atoms with E-state index in [2.05, 4.69) is 10.2 Å². The zero-order valence-electron chi connectivity index (χ0n) is 21.4. The van der Waals surface area contributed by atoms with Gasteiger partial charge in [-0.25, -0.2) is 0 Å². The number of alkyl halides is 2. The molecule has 0 radical (unpaired) electrons. The lowest BCUT2D eigenvalue weighted by Crippen LogP contribution is -2.62. The van der Waals surface area contributed by atoms with Crippen molar-refractivity contribution in [1.29, 1.82) is 0 Å². The number of anilines is 1. The third-order valence-corrected chi connectivity index (χ3v) is 7.19. The Labute approximate surface area is 209 Å². The molecule has 0 spiro atoms. The maximum absolute atomic E-state index is 15.8. The van der Waals surface area contributed by atoms with Gasteiger partial charge >= 0.3 is 11.9 Å². The summed E-state index contributed by atoms with van der Waals surface area (Å²) in [5.74, 6) is -5.82. The fourth-order valence-corrected chi connectivity index (χ4v) is 6.29. The molecule has 36 heavy (non-hydrogen) atoms. The molecular weight excluding hydrogens is 470 g/mol. The first-order valence-electron chi connectivity index (χ1n) is 12.2. The van der Waals surface area contributed by atoms with E-state index >= 15 is 8.78 Å². The van der Waals surface area contributed by atoms with E-state index < -0.39 is 34.3 Å². The molecule has 8 nitrogen and oxygen atoms in total. The molecule has 0 unspecified atom stereocenters. The van der Waals surface area contributed by atoms with E-state index in [-0.39, 0.29) is 37.2 Å². The lowest BCUT2D eigenvalue weighted by Gasteiger charge is -2.51. The number of aliphatic hydroxyl groups is 1. The minimum atomic E-state index is -3.99. The predicted octanol–water partition coefficient (Wildman–Crippen LogP) is 4.61. The van der Waals surface area contributed by atoms with Crippen LogP contribution in [0.2, 0.25) is 0 Å². The summed E-state index contributed by atoms with van der Waals surface area (Å²) in [6.07, 6.45) is 1.13. The number of nitrogens with zero attached hydrogens (tertiary/aromatic N) is 4. The lowest BCUT2D eigenvalue weighted by molar-refractivity contribution is -0.231. The first-order chi connectivity index (χ1) is 16.7. The molecule has 196 valence electrons. The fraction of sp³-hybridized carbons (Fsp3) is 0.615. The molecule has 2 fully saturated rings. The summed E-state index contributed by atoms with van der Waals surface area (Å²) < 4.78 is 37.2. The van der Waals surface area contributed by atoms with Crippen molar-refractivity contribution in [2.45, 2.75) is 77.4 Å². The van der Waals surface area contributed by atoms with Crippen LogP contribution in [-0.2, 0) is 4.79 Å². The third kappa shape index (κ3) is 4.75. The van der Waals surface area contributed by atoms with Gasteiger partial charge in [-0.2, -0.15) is 8.78 Å².